The van der Waals surface area contributed by atoms with Crippen LogP contribution in [0, 0.1) is 16.0 Å². The van der Waals surface area contributed by atoms with Gasteiger partial charge in [0.2, 0.25) is 5.91 Å². The third-order valence-corrected chi connectivity index (χ3v) is 5.95. The molecular weight excluding hydrogens is 372 g/mol. The van der Waals surface area contributed by atoms with Crippen LogP contribution in [0.5, 0.6) is 0 Å². The molecule has 1 amide bonds. The van der Waals surface area contributed by atoms with Crippen molar-refractivity contribution in [3.8, 4) is 0 Å². The van der Waals surface area contributed by atoms with Crippen LogP contribution in [0.15, 0.2) is 24.3 Å². The number of hydrogen-bond donors (Lipinski definition) is 1. The fourth-order valence-corrected chi connectivity index (χ4v) is 4.22. The van der Waals surface area contributed by atoms with E-state index in [-0.39, 0.29) is 16.5 Å². The summed E-state index contributed by atoms with van der Waals surface area (Å²) in [5.41, 5.74) is 0.779. The Balaban J connectivity index is 1.35. The monoisotopic (exact) mass is 404 g/mol. The number of nitrogens with zero attached hydrogens (tertiary/aromatic N) is 3. The van der Waals surface area contributed by atoms with Gasteiger partial charge in [-0.05, 0) is 24.8 Å². The zero-order chi connectivity index (χ0) is 20.6. The Kier molecular flexibility index (Phi) is 7.83. The molecule has 3 rings (SSSR count). The van der Waals surface area contributed by atoms with Crippen LogP contribution < -0.4 is 10.2 Å². The van der Waals surface area contributed by atoms with Gasteiger partial charge in [-0.2, -0.15) is 0 Å². The summed E-state index contributed by atoms with van der Waals surface area (Å²) in [5.74, 6) is 0.612. The molecule has 1 aromatic carbocycles. The highest BCUT2D eigenvalue weighted by atomic mass is 16.6. The van der Waals surface area contributed by atoms with Gasteiger partial charge in [-0.3, -0.25) is 19.8 Å². The Labute approximate surface area is 172 Å². The molecule has 0 radical (unpaired) electrons. The Hall–Kier alpha value is -2.19. The topological polar surface area (TPSA) is 88.0 Å². The van der Waals surface area contributed by atoms with Gasteiger partial charge in [-0.25, -0.2) is 0 Å². The third kappa shape index (κ3) is 6.14. The minimum atomic E-state index is -0.342. The first-order valence-corrected chi connectivity index (χ1v) is 10.6. The van der Waals surface area contributed by atoms with E-state index in [1.807, 2.05) is 11.0 Å². The van der Waals surface area contributed by atoms with Gasteiger partial charge in [-0.15, -0.1) is 0 Å². The summed E-state index contributed by atoms with van der Waals surface area (Å²) >= 11 is 0. The van der Waals surface area contributed by atoms with E-state index in [9.17, 15) is 14.9 Å². The van der Waals surface area contributed by atoms with Crippen molar-refractivity contribution in [2.24, 2.45) is 5.92 Å². The molecular formula is C21H32N4O4. The number of rotatable bonds is 8. The number of nitro benzene ring substituents is 1. The van der Waals surface area contributed by atoms with Crippen LogP contribution in [0.25, 0.3) is 0 Å². The van der Waals surface area contributed by atoms with Crippen molar-refractivity contribution in [3.05, 3.63) is 34.4 Å². The molecule has 0 aromatic heterocycles. The molecule has 2 unspecified atom stereocenters. The summed E-state index contributed by atoms with van der Waals surface area (Å²) in [5, 5.41) is 14.2. The summed E-state index contributed by atoms with van der Waals surface area (Å²) in [6.07, 6.45) is 5.21. The molecule has 1 aliphatic carbocycles. The molecule has 8 nitrogen and oxygen atoms in total. The number of nitrogens with one attached hydrogen (secondary N) is 1. The van der Waals surface area contributed by atoms with E-state index in [1.54, 1.807) is 12.1 Å². The molecule has 2 fully saturated rings. The number of amides is 1. The number of nitro groups is 1. The highest BCUT2D eigenvalue weighted by molar-refractivity contribution is 5.78. The molecule has 160 valence electrons. The van der Waals surface area contributed by atoms with Crippen molar-refractivity contribution in [1.29, 1.82) is 0 Å². The third-order valence-electron chi connectivity index (χ3n) is 5.95. The van der Waals surface area contributed by atoms with E-state index >= 15 is 0 Å². The number of para-hydroxylation sites is 2. The van der Waals surface area contributed by atoms with Crippen molar-refractivity contribution < 1.29 is 14.5 Å². The summed E-state index contributed by atoms with van der Waals surface area (Å²) in [4.78, 5) is 27.2. The summed E-state index contributed by atoms with van der Waals surface area (Å²) in [7, 11) is 0. The first-order valence-electron chi connectivity index (χ1n) is 10.6. The number of piperazine rings is 1. The van der Waals surface area contributed by atoms with Crippen molar-refractivity contribution in [2.75, 3.05) is 50.8 Å². The molecule has 1 N–H and O–H groups in total. The molecule has 0 spiro atoms. The fourth-order valence-electron chi connectivity index (χ4n) is 4.22. The van der Waals surface area contributed by atoms with E-state index in [0.717, 1.165) is 6.42 Å². The van der Waals surface area contributed by atoms with Crippen molar-refractivity contribution in [3.63, 3.8) is 0 Å². The van der Waals surface area contributed by atoms with Gasteiger partial charge in [-0.1, -0.05) is 31.9 Å². The molecule has 2 atom stereocenters. The second-order valence-electron chi connectivity index (χ2n) is 8.03. The molecule has 0 bridgehead atoms. The van der Waals surface area contributed by atoms with E-state index in [4.69, 9.17) is 4.74 Å². The van der Waals surface area contributed by atoms with Gasteiger partial charge in [0.1, 0.15) is 5.69 Å². The van der Waals surface area contributed by atoms with Crippen LogP contribution >= 0.6 is 0 Å². The van der Waals surface area contributed by atoms with Crippen LogP contribution in [0.4, 0.5) is 11.4 Å². The smallest absolute Gasteiger partial charge is 0.292 e. The van der Waals surface area contributed by atoms with E-state index in [1.165, 1.54) is 25.3 Å². The molecule has 1 heterocycles. The SMILES string of the molecule is CC1CCCCC1OCCNC(=O)CN1CCN(c2ccccc2[N+](=O)[O-])CC1. The minimum Gasteiger partial charge on any atom is -0.376 e. The predicted octanol–water partition coefficient (Wildman–Crippen LogP) is 2.43. The number of ether oxygens (including phenoxy) is 1. The Morgan fingerprint density at radius 3 is 2.66 bits per heavy atom. The number of carbonyl (C=O) groups excluding carboxylic acids is 1. The largest absolute Gasteiger partial charge is 0.376 e. The number of carbonyl (C=O) groups is 1. The van der Waals surface area contributed by atoms with E-state index < -0.39 is 0 Å². The van der Waals surface area contributed by atoms with Gasteiger partial charge in [0.25, 0.3) is 5.69 Å². The quantitative estimate of drug-likeness (QED) is 0.407. The zero-order valence-corrected chi connectivity index (χ0v) is 17.2. The van der Waals surface area contributed by atoms with E-state index in [2.05, 4.69) is 17.1 Å². The lowest BCUT2D eigenvalue weighted by Gasteiger charge is -2.35. The molecule has 1 aromatic rings. The maximum absolute atomic E-state index is 12.2. The molecule has 1 saturated carbocycles. The lowest BCUT2D eigenvalue weighted by molar-refractivity contribution is -0.384. The molecule has 8 heteroatoms. The van der Waals surface area contributed by atoms with Gasteiger partial charge >= 0.3 is 0 Å². The molecule has 29 heavy (non-hydrogen) atoms. The maximum atomic E-state index is 12.2. The Bertz CT molecular complexity index is 691. The average molecular weight is 405 g/mol. The number of benzene rings is 1. The van der Waals surface area contributed by atoms with Crippen LogP contribution in [-0.2, 0) is 9.53 Å². The van der Waals surface area contributed by atoms with E-state index in [0.29, 0.717) is 63.6 Å². The van der Waals surface area contributed by atoms with Gasteiger partial charge in [0, 0.05) is 38.8 Å². The summed E-state index contributed by atoms with van der Waals surface area (Å²) < 4.78 is 5.94. The number of anilines is 1. The highest BCUT2D eigenvalue weighted by Gasteiger charge is 2.24. The van der Waals surface area contributed by atoms with Crippen LogP contribution in [-0.4, -0.2) is 67.7 Å². The maximum Gasteiger partial charge on any atom is 0.292 e. The second-order valence-corrected chi connectivity index (χ2v) is 8.03. The highest BCUT2D eigenvalue weighted by Crippen LogP contribution is 2.28. The Morgan fingerprint density at radius 1 is 1.21 bits per heavy atom. The van der Waals surface area contributed by atoms with Crippen LogP contribution in [0.3, 0.4) is 0 Å². The Morgan fingerprint density at radius 2 is 1.93 bits per heavy atom. The minimum absolute atomic E-state index is 0.00411. The zero-order valence-electron chi connectivity index (χ0n) is 17.2. The van der Waals surface area contributed by atoms with Crippen molar-refractivity contribution in [1.82, 2.24) is 10.2 Å². The van der Waals surface area contributed by atoms with Gasteiger partial charge < -0.3 is 15.0 Å². The molecule has 1 aliphatic heterocycles. The average Bonchev–Trinajstić information content (AvgIpc) is 2.73. The number of hydrogen-bond acceptors (Lipinski definition) is 6. The van der Waals surface area contributed by atoms with Crippen LogP contribution in [0.1, 0.15) is 32.6 Å². The molecule has 2 aliphatic rings. The lowest BCUT2D eigenvalue weighted by atomic mass is 9.88. The van der Waals surface area contributed by atoms with Crippen molar-refractivity contribution >= 4 is 17.3 Å². The summed E-state index contributed by atoms with van der Waals surface area (Å²) in [6.45, 7) is 6.44. The van der Waals surface area contributed by atoms with Crippen LogP contribution in [0.2, 0.25) is 0 Å². The van der Waals surface area contributed by atoms with Gasteiger partial charge in [0.15, 0.2) is 0 Å². The predicted molar refractivity (Wildman–Crippen MR) is 112 cm³/mol. The first-order chi connectivity index (χ1) is 14.0. The normalized spacial score (nSPS) is 23.0. The fraction of sp³-hybridized carbons (Fsp3) is 0.667. The lowest BCUT2D eigenvalue weighted by Crippen LogP contribution is -2.49. The standard InChI is InChI=1S/C21H32N4O4/c1-17-6-2-5-9-20(17)29-15-10-22-21(26)16-23-11-13-24(14-12-23)18-7-3-4-8-19(18)25(27)28/h3-4,7-8,17,20H,2,5-6,9-16H2,1H3,(H,22,26). The second kappa shape index (κ2) is 10.5. The summed E-state index contributed by atoms with van der Waals surface area (Å²) in [6, 6.07) is 6.82. The van der Waals surface area contributed by atoms with Gasteiger partial charge in [0.05, 0.1) is 24.2 Å². The van der Waals surface area contributed by atoms with Crippen molar-refractivity contribution in [2.45, 2.75) is 38.7 Å². The first kappa shape index (κ1) is 21.5. The molecule has 1 saturated heterocycles.